The van der Waals surface area contributed by atoms with E-state index in [1.54, 1.807) is 49.3 Å². The molecule has 0 radical (unpaired) electrons. The molecule has 5 heteroatoms. The van der Waals surface area contributed by atoms with Crippen LogP contribution in [0.3, 0.4) is 0 Å². The van der Waals surface area contributed by atoms with E-state index < -0.39 is 11.9 Å². The first-order valence-electron chi connectivity index (χ1n) is 5.02. The summed E-state index contributed by atoms with van der Waals surface area (Å²) in [5.74, 6) is -1.53. The minimum Gasteiger partial charge on any atom is -0.504 e. The van der Waals surface area contributed by atoms with Crippen LogP contribution in [0.1, 0.15) is 5.56 Å². The van der Waals surface area contributed by atoms with Crippen molar-refractivity contribution in [3.8, 4) is 0 Å². The molecule has 2 nitrogen and oxygen atoms in total. The Kier molecular flexibility index (Phi) is 4.17. The van der Waals surface area contributed by atoms with Gasteiger partial charge in [0, 0.05) is 12.1 Å². The molecule has 0 saturated carbocycles. The van der Waals surface area contributed by atoms with Crippen LogP contribution in [0.5, 0.6) is 0 Å². The van der Waals surface area contributed by atoms with Gasteiger partial charge in [0.05, 0.1) is 0 Å². The van der Waals surface area contributed by atoms with E-state index >= 15 is 0 Å². The van der Waals surface area contributed by atoms with Gasteiger partial charge in [0.15, 0.2) is 0 Å². The molecule has 1 rings (SSSR count). The second-order valence-electron chi connectivity index (χ2n) is 3.93. The summed E-state index contributed by atoms with van der Waals surface area (Å²) >= 11 is 0. The summed E-state index contributed by atoms with van der Waals surface area (Å²) in [5, 5.41) is 9.28. The molecule has 0 aromatic heterocycles. The Balaban J connectivity index is 3.22. The lowest BCUT2D eigenvalue weighted by atomic mass is 10.0. The molecule has 1 aromatic carbocycles. The lowest BCUT2D eigenvalue weighted by Crippen LogP contribution is -2.21. The SMILES string of the molecule is CN(C)C/C(=C(/O)C(F)(F)F)c1ccccc1. The Morgan fingerprint density at radius 2 is 1.71 bits per heavy atom. The van der Waals surface area contributed by atoms with Gasteiger partial charge in [-0.25, -0.2) is 0 Å². The van der Waals surface area contributed by atoms with Crippen molar-refractivity contribution in [2.75, 3.05) is 20.6 Å². The molecule has 17 heavy (non-hydrogen) atoms. The van der Waals surface area contributed by atoms with Crippen LogP contribution in [0.25, 0.3) is 5.57 Å². The van der Waals surface area contributed by atoms with E-state index in [9.17, 15) is 18.3 Å². The van der Waals surface area contributed by atoms with E-state index in [-0.39, 0.29) is 12.1 Å². The number of benzene rings is 1. The molecule has 0 amide bonds. The quantitative estimate of drug-likeness (QED) is 0.827. The van der Waals surface area contributed by atoms with Gasteiger partial charge in [0.2, 0.25) is 5.76 Å². The molecule has 0 fully saturated rings. The molecule has 0 bridgehead atoms. The summed E-state index contributed by atoms with van der Waals surface area (Å²) in [6, 6.07) is 8.06. The van der Waals surface area contributed by atoms with Crippen molar-refractivity contribution >= 4 is 5.57 Å². The topological polar surface area (TPSA) is 23.5 Å². The van der Waals surface area contributed by atoms with E-state index in [2.05, 4.69) is 0 Å². The van der Waals surface area contributed by atoms with Crippen molar-refractivity contribution in [3.63, 3.8) is 0 Å². The van der Waals surface area contributed by atoms with Gasteiger partial charge in [0.25, 0.3) is 0 Å². The van der Waals surface area contributed by atoms with Gasteiger partial charge in [-0.3, -0.25) is 0 Å². The van der Waals surface area contributed by atoms with Gasteiger partial charge in [-0.05, 0) is 19.7 Å². The van der Waals surface area contributed by atoms with Crippen LogP contribution in [-0.2, 0) is 0 Å². The molecular formula is C12H14F3NO. The fourth-order valence-electron chi connectivity index (χ4n) is 1.43. The molecular weight excluding hydrogens is 231 g/mol. The first-order chi connectivity index (χ1) is 7.82. The summed E-state index contributed by atoms with van der Waals surface area (Å²) in [6.45, 7) is 0.0232. The Hall–Kier alpha value is -1.49. The van der Waals surface area contributed by atoms with E-state index in [0.717, 1.165) is 0 Å². The zero-order valence-corrected chi connectivity index (χ0v) is 9.62. The maximum Gasteiger partial charge on any atom is 0.449 e. The van der Waals surface area contributed by atoms with Gasteiger partial charge in [-0.2, -0.15) is 13.2 Å². The zero-order valence-electron chi connectivity index (χ0n) is 9.62. The van der Waals surface area contributed by atoms with E-state index in [1.165, 1.54) is 0 Å². The van der Waals surface area contributed by atoms with Crippen LogP contribution in [0, 0.1) is 0 Å². The Morgan fingerprint density at radius 1 is 1.18 bits per heavy atom. The summed E-state index contributed by atoms with van der Waals surface area (Å²) in [4.78, 5) is 1.57. The number of halogens is 3. The number of likely N-dealkylation sites (N-methyl/N-ethyl adjacent to an activating group) is 1. The lowest BCUT2D eigenvalue weighted by molar-refractivity contribution is -0.119. The van der Waals surface area contributed by atoms with Crippen molar-refractivity contribution in [2.24, 2.45) is 0 Å². The maximum atomic E-state index is 12.5. The number of nitrogens with zero attached hydrogens (tertiary/aromatic N) is 1. The van der Waals surface area contributed by atoms with E-state index in [4.69, 9.17) is 0 Å². The highest BCUT2D eigenvalue weighted by molar-refractivity contribution is 5.69. The van der Waals surface area contributed by atoms with Crippen molar-refractivity contribution in [1.82, 2.24) is 4.90 Å². The van der Waals surface area contributed by atoms with Gasteiger partial charge >= 0.3 is 6.18 Å². The average molecular weight is 245 g/mol. The summed E-state index contributed by atoms with van der Waals surface area (Å²) in [6.07, 6.45) is -4.72. The average Bonchev–Trinajstić information content (AvgIpc) is 2.24. The van der Waals surface area contributed by atoms with Crippen LogP contribution in [0.4, 0.5) is 13.2 Å². The molecule has 0 aliphatic rings. The monoisotopic (exact) mass is 245 g/mol. The Bertz CT molecular complexity index is 396. The number of hydrogen-bond donors (Lipinski definition) is 1. The van der Waals surface area contributed by atoms with Gasteiger partial charge < -0.3 is 10.0 Å². The van der Waals surface area contributed by atoms with Crippen LogP contribution < -0.4 is 0 Å². The van der Waals surface area contributed by atoms with Crippen molar-refractivity contribution in [3.05, 3.63) is 41.7 Å². The molecule has 0 heterocycles. The third kappa shape index (κ3) is 3.78. The van der Waals surface area contributed by atoms with Gasteiger partial charge in [-0.1, -0.05) is 30.3 Å². The molecule has 0 saturated heterocycles. The molecule has 1 N–H and O–H groups in total. The largest absolute Gasteiger partial charge is 0.504 e. The van der Waals surface area contributed by atoms with Crippen molar-refractivity contribution in [2.45, 2.75) is 6.18 Å². The maximum absolute atomic E-state index is 12.5. The Labute approximate surface area is 98.0 Å². The highest BCUT2D eigenvalue weighted by Gasteiger charge is 2.36. The van der Waals surface area contributed by atoms with Crippen LogP contribution in [0.2, 0.25) is 0 Å². The summed E-state index contributed by atoms with van der Waals surface area (Å²) < 4.78 is 37.5. The molecule has 94 valence electrons. The van der Waals surface area contributed by atoms with Crippen LogP contribution >= 0.6 is 0 Å². The second kappa shape index (κ2) is 5.23. The summed E-state index contributed by atoms with van der Waals surface area (Å²) in [7, 11) is 3.29. The predicted molar refractivity (Wildman–Crippen MR) is 60.6 cm³/mol. The Morgan fingerprint density at radius 3 is 2.12 bits per heavy atom. The standard InChI is InChI=1S/C12H14F3NO/c1-16(2)8-10(11(17)12(13,14)15)9-6-4-3-5-7-9/h3-7,17H,8H2,1-2H3/b11-10-. The predicted octanol–water partition coefficient (Wildman–Crippen LogP) is 3.08. The molecule has 0 atom stereocenters. The minimum absolute atomic E-state index is 0.0232. The van der Waals surface area contributed by atoms with Gasteiger partial charge in [-0.15, -0.1) is 0 Å². The van der Waals surface area contributed by atoms with Gasteiger partial charge in [0.1, 0.15) is 0 Å². The van der Waals surface area contributed by atoms with Crippen molar-refractivity contribution in [1.29, 1.82) is 0 Å². The van der Waals surface area contributed by atoms with E-state index in [0.29, 0.717) is 5.56 Å². The second-order valence-corrected chi connectivity index (χ2v) is 3.93. The smallest absolute Gasteiger partial charge is 0.449 e. The molecule has 1 aromatic rings. The number of rotatable bonds is 3. The molecule has 0 aliphatic carbocycles. The third-order valence-electron chi connectivity index (χ3n) is 2.15. The number of aliphatic hydroxyl groups is 1. The summed E-state index contributed by atoms with van der Waals surface area (Å²) in [5.41, 5.74) is 0.249. The molecule has 0 aliphatic heterocycles. The number of alkyl halides is 3. The minimum atomic E-state index is -4.72. The third-order valence-corrected chi connectivity index (χ3v) is 2.15. The zero-order chi connectivity index (χ0) is 13.1. The van der Waals surface area contributed by atoms with Crippen LogP contribution in [-0.4, -0.2) is 36.8 Å². The molecule has 0 unspecified atom stereocenters. The number of aliphatic hydroxyl groups excluding tert-OH is 1. The highest BCUT2D eigenvalue weighted by atomic mass is 19.4. The van der Waals surface area contributed by atoms with Crippen molar-refractivity contribution < 1.29 is 18.3 Å². The highest BCUT2D eigenvalue weighted by Crippen LogP contribution is 2.30. The first kappa shape index (κ1) is 13.6. The normalized spacial score (nSPS) is 13.8. The number of allylic oxidation sites excluding steroid dienone is 1. The fraction of sp³-hybridized carbons (Fsp3) is 0.333. The number of hydrogen-bond acceptors (Lipinski definition) is 2. The fourth-order valence-corrected chi connectivity index (χ4v) is 1.43. The van der Waals surface area contributed by atoms with E-state index in [1.807, 2.05) is 0 Å². The lowest BCUT2D eigenvalue weighted by Gasteiger charge is -2.17. The molecule has 0 spiro atoms. The van der Waals surface area contributed by atoms with Crippen LogP contribution in [0.15, 0.2) is 36.1 Å². The first-order valence-corrected chi connectivity index (χ1v) is 5.02.